The van der Waals surface area contributed by atoms with E-state index in [2.05, 4.69) is 9.97 Å². The number of anilines is 1. The summed E-state index contributed by atoms with van der Waals surface area (Å²) in [5.74, 6) is -1.76. The fourth-order valence-corrected chi connectivity index (χ4v) is 2.89. The first-order valence-corrected chi connectivity index (χ1v) is 9.34. The summed E-state index contributed by atoms with van der Waals surface area (Å²) in [4.78, 5) is 45.8. The van der Waals surface area contributed by atoms with Gasteiger partial charge in [0.1, 0.15) is 11.6 Å². The molecule has 0 saturated carbocycles. The lowest BCUT2D eigenvalue weighted by atomic mass is 10.1. The van der Waals surface area contributed by atoms with Crippen LogP contribution in [0.25, 0.3) is 0 Å². The van der Waals surface area contributed by atoms with Gasteiger partial charge in [-0.2, -0.15) is 0 Å². The van der Waals surface area contributed by atoms with Crippen molar-refractivity contribution in [3.63, 3.8) is 0 Å². The number of rotatable bonds is 7. The van der Waals surface area contributed by atoms with Gasteiger partial charge in [0.15, 0.2) is 0 Å². The number of ether oxygens (including phenoxy) is 2. The Kier molecular flexibility index (Phi) is 7.92. The number of aryl methyl sites for hydroxylation is 1. The van der Waals surface area contributed by atoms with E-state index in [1.165, 1.54) is 24.3 Å². The normalized spacial score (nSPS) is 10.4. The van der Waals surface area contributed by atoms with Crippen molar-refractivity contribution in [3.05, 3.63) is 51.5 Å². The Morgan fingerprint density at radius 3 is 2.55 bits per heavy atom. The van der Waals surface area contributed by atoms with E-state index >= 15 is 0 Å². The van der Waals surface area contributed by atoms with Crippen LogP contribution in [0.15, 0.2) is 24.4 Å². The first-order valence-electron chi connectivity index (χ1n) is 8.58. The SMILES string of the molecule is CCOC(=O)CC(=O)N(Cc1cnc(Cl)nc1Cl)c1cc(C(=O)OC)ccc1C. The standard InChI is InChI=1S/C19H19Cl2N3O5/c1-4-29-16(26)8-15(25)24(10-13-9-22-19(21)23-17(13)20)14-7-12(18(27)28-3)6-5-11(14)2/h5-7,9H,4,8,10H2,1-3H3. The van der Waals surface area contributed by atoms with Gasteiger partial charge in [-0.25, -0.2) is 14.8 Å². The molecule has 10 heteroatoms. The topological polar surface area (TPSA) is 98.7 Å². The maximum Gasteiger partial charge on any atom is 0.337 e. The van der Waals surface area contributed by atoms with Gasteiger partial charge in [0, 0.05) is 17.4 Å². The summed E-state index contributed by atoms with van der Waals surface area (Å²) in [5.41, 5.74) is 1.77. The lowest BCUT2D eigenvalue weighted by molar-refractivity contribution is -0.145. The second-order valence-corrected chi connectivity index (χ2v) is 6.61. The molecular weight excluding hydrogens is 421 g/mol. The Hall–Kier alpha value is -2.71. The van der Waals surface area contributed by atoms with Gasteiger partial charge in [-0.3, -0.25) is 9.59 Å². The van der Waals surface area contributed by atoms with Gasteiger partial charge in [-0.05, 0) is 43.1 Å². The smallest absolute Gasteiger partial charge is 0.337 e. The molecule has 1 aromatic carbocycles. The van der Waals surface area contributed by atoms with Crippen molar-refractivity contribution in [2.45, 2.75) is 26.8 Å². The van der Waals surface area contributed by atoms with Gasteiger partial charge < -0.3 is 14.4 Å². The summed E-state index contributed by atoms with van der Waals surface area (Å²) in [6.07, 6.45) is 0.906. The number of benzene rings is 1. The maximum absolute atomic E-state index is 12.9. The molecular formula is C19H19Cl2N3O5. The summed E-state index contributed by atoms with van der Waals surface area (Å²) in [5, 5.41) is 0.0349. The van der Waals surface area contributed by atoms with Crippen LogP contribution in [0.4, 0.5) is 5.69 Å². The fraction of sp³-hybridized carbons (Fsp3) is 0.316. The highest BCUT2D eigenvalue weighted by molar-refractivity contribution is 6.32. The van der Waals surface area contributed by atoms with Gasteiger partial charge in [0.2, 0.25) is 11.2 Å². The number of esters is 2. The minimum atomic E-state index is -0.664. The number of hydrogen-bond acceptors (Lipinski definition) is 7. The summed E-state index contributed by atoms with van der Waals surface area (Å²) < 4.78 is 9.62. The predicted octanol–water partition coefficient (Wildman–Crippen LogP) is 3.36. The Balaban J connectivity index is 2.47. The van der Waals surface area contributed by atoms with Crippen LogP contribution in [-0.4, -0.2) is 41.5 Å². The van der Waals surface area contributed by atoms with Gasteiger partial charge in [-0.15, -0.1) is 0 Å². The zero-order valence-corrected chi connectivity index (χ0v) is 17.6. The van der Waals surface area contributed by atoms with E-state index in [1.807, 2.05) is 0 Å². The lowest BCUT2D eigenvalue weighted by Gasteiger charge is -2.25. The quantitative estimate of drug-likeness (QED) is 0.282. The van der Waals surface area contributed by atoms with Crippen LogP contribution in [0.5, 0.6) is 0 Å². The van der Waals surface area contributed by atoms with Crippen LogP contribution in [0.2, 0.25) is 10.4 Å². The second kappa shape index (κ2) is 10.2. The van der Waals surface area contributed by atoms with Gasteiger partial charge >= 0.3 is 11.9 Å². The van der Waals surface area contributed by atoms with Crippen LogP contribution in [0.3, 0.4) is 0 Å². The van der Waals surface area contributed by atoms with Gasteiger partial charge in [0.05, 0.1) is 25.8 Å². The average Bonchev–Trinajstić information content (AvgIpc) is 2.67. The largest absolute Gasteiger partial charge is 0.466 e. The molecule has 0 aliphatic heterocycles. The molecule has 0 aliphatic rings. The average molecular weight is 440 g/mol. The molecule has 2 rings (SSSR count). The van der Waals surface area contributed by atoms with E-state index < -0.39 is 24.3 Å². The van der Waals surface area contributed by atoms with Crippen LogP contribution < -0.4 is 4.90 Å². The number of methoxy groups -OCH3 is 1. The number of carbonyl (C=O) groups excluding carboxylic acids is 3. The van der Waals surface area contributed by atoms with Crippen molar-refractivity contribution in [1.29, 1.82) is 0 Å². The summed E-state index contributed by atoms with van der Waals surface area (Å²) >= 11 is 11.9. The third-order valence-corrected chi connectivity index (χ3v) is 4.44. The molecule has 0 radical (unpaired) electrons. The monoisotopic (exact) mass is 439 g/mol. The van der Waals surface area contributed by atoms with Gasteiger partial charge in [-0.1, -0.05) is 17.7 Å². The highest BCUT2D eigenvalue weighted by Crippen LogP contribution is 2.27. The number of carbonyl (C=O) groups is 3. The van der Waals surface area contributed by atoms with E-state index in [1.54, 1.807) is 26.0 Å². The molecule has 0 atom stereocenters. The first kappa shape index (κ1) is 22.6. The van der Waals surface area contributed by atoms with Gasteiger partial charge in [0.25, 0.3) is 0 Å². The number of nitrogens with zero attached hydrogens (tertiary/aromatic N) is 3. The van der Waals surface area contributed by atoms with E-state index in [0.29, 0.717) is 16.8 Å². The van der Waals surface area contributed by atoms with Crippen LogP contribution in [0.1, 0.15) is 34.8 Å². The summed E-state index contributed by atoms with van der Waals surface area (Å²) in [7, 11) is 1.26. The molecule has 0 bridgehead atoms. The van der Waals surface area contributed by atoms with Crippen LogP contribution in [0, 0.1) is 6.92 Å². The molecule has 0 spiro atoms. The molecule has 154 valence electrons. The Morgan fingerprint density at radius 1 is 1.21 bits per heavy atom. The Labute approximate surface area is 177 Å². The maximum atomic E-state index is 12.9. The minimum Gasteiger partial charge on any atom is -0.466 e. The molecule has 8 nitrogen and oxygen atoms in total. The minimum absolute atomic E-state index is 0.0352. The zero-order chi connectivity index (χ0) is 21.6. The molecule has 1 aromatic heterocycles. The molecule has 1 heterocycles. The molecule has 2 aromatic rings. The van der Waals surface area contributed by atoms with Crippen LogP contribution in [-0.2, 0) is 25.6 Å². The Morgan fingerprint density at radius 2 is 1.93 bits per heavy atom. The fourth-order valence-electron chi connectivity index (χ4n) is 2.53. The highest BCUT2D eigenvalue weighted by atomic mass is 35.5. The third-order valence-electron chi connectivity index (χ3n) is 3.93. The molecule has 0 saturated heterocycles. The number of hydrogen-bond donors (Lipinski definition) is 0. The van der Waals surface area contributed by atoms with Crippen molar-refractivity contribution in [2.24, 2.45) is 0 Å². The van der Waals surface area contributed by atoms with E-state index in [-0.39, 0.29) is 29.2 Å². The van der Waals surface area contributed by atoms with E-state index in [0.717, 1.165) is 0 Å². The third kappa shape index (κ3) is 5.88. The first-order chi connectivity index (χ1) is 13.8. The van der Waals surface area contributed by atoms with E-state index in [9.17, 15) is 14.4 Å². The van der Waals surface area contributed by atoms with Crippen molar-refractivity contribution >= 4 is 46.7 Å². The number of amides is 1. The number of halogens is 2. The summed E-state index contributed by atoms with van der Waals surface area (Å²) in [6, 6.07) is 4.76. The molecule has 0 unspecified atom stereocenters. The van der Waals surface area contributed by atoms with Crippen molar-refractivity contribution in [3.8, 4) is 0 Å². The van der Waals surface area contributed by atoms with Crippen molar-refractivity contribution in [2.75, 3.05) is 18.6 Å². The number of aromatic nitrogens is 2. The van der Waals surface area contributed by atoms with Crippen molar-refractivity contribution < 1.29 is 23.9 Å². The zero-order valence-electron chi connectivity index (χ0n) is 16.1. The lowest BCUT2D eigenvalue weighted by Crippen LogP contribution is -2.33. The molecule has 1 amide bonds. The highest BCUT2D eigenvalue weighted by Gasteiger charge is 2.24. The molecule has 0 aliphatic carbocycles. The predicted molar refractivity (Wildman–Crippen MR) is 107 cm³/mol. The second-order valence-electron chi connectivity index (χ2n) is 5.91. The van der Waals surface area contributed by atoms with Crippen LogP contribution >= 0.6 is 23.2 Å². The van der Waals surface area contributed by atoms with Crippen molar-refractivity contribution in [1.82, 2.24) is 9.97 Å². The molecule has 0 fully saturated rings. The molecule has 29 heavy (non-hydrogen) atoms. The Bertz CT molecular complexity index is 936. The summed E-state index contributed by atoms with van der Waals surface area (Å²) in [6.45, 7) is 3.52. The van der Waals surface area contributed by atoms with E-state index in [4.69, 9.17) is 32.7 Å². The molecule has 0 N–H and O–H groups in total.